The smallest absolute Gasteiger partial charge is 0.418 e. The van der Waals surface area contributed by atoms with Crippen molar-refractivity contribution in [3.8, 4) is 0 Å². The number of ether oxygens (including phenoxy) is 2. The largest absolute Gasteiger partial charge is 0.462 e. The van der Waals surface area contributed by atoms with Crippen LogP contribution < -0.4 is 0 Å². The lowest BCUT2D eigenvalue weighted by Crippen LogP contribution is -2.21. The molecule has 0 saturated heterocycles. The van der Waals surface area contributed by atoms with E-state index in [2.05, 4.69) is 24.4 Å². The predicted molar refractivity (Wildman–Crippen MR) is 79.5 cm³/mol. The first-order chi connectivity index (χ1) is 10.0. The van der Waals surface area contributed by atoms with Crippen molar-refractivity contribution in [3.63, 3.8) is 0 Å². The second-order valence-corrected chi connectivity index (χ2v) is 11.8. The van der Waals surface area contributed by atoms with Gasteiger partial charge in [0.1, 0.15) is 6.73 Å². The van der Waals surface area contributed by atoms with Gasteiger partial charge < -0.3 is 14.0 Å². The molecule has 0 amide bonds. The number of carbonyl (C=O) groups excluding carboxylic acids is 1. The highest BCUT2D eigenvalue weighted by Gasteiger charge is 2.37. The summed E-state index contributed by atoms with van der Waals surface area (Å²) in [6, 6.07) is 0.922. The molecule has 0 aromatic carbocycles. The summed E-state index contributed by atoms with van der Waals surface area (Å²) in [6.07, 6.45) is -2.61. The monoisotopic (exact) mass is 337 g/mol. The number of halogens is 3. The van der Waals surface area contributed by atoms with Gasteiger partial charge in [-0.05, 0) is 13.0 Å². The standard InChI is InChI=1S/C14H22F3NO3Si/c1-5-21-13(19)11-8-18(9-12(11)14(15,16)17)10-20-6-7-22(2,3)4/h8-9H,5-7,10H2,1-4H3. The van der Waals surface area contributed by atoms with Gasteiger partial charge in [-0.2, -0.15) is 13.2 Å². The lowest BCUT2D eigenvalue weighted by molar-refractivity contribution is -0.138. The molecule has 0 N–H and O–H groups in total. The number of hydrogen-bond acceptors (Lipinski definition) is 3. The van der Waals surface area contributed by atoms with Crippen LogP contribution in [-0.2, 0) is 22.4 Å². The quantitative estimate of drug-likeness (QED) is 0.429. The fourth-order valence-corrected chi connectivity index (χ4v) is 2.48. The van der Waals surface area contributed by atoms with Gasteiger partial charge in [-0.25, -0.2) is 4.79 Å². The maximum absolute atomic E-state index is 13.0. The van der Waals surface area contributed by atoms with Crippen LogP contribution in [0.1, 0.15) is 22.8 Å². The molecule has 1 rings (SSSR count). The molecule has 1 heterocycles. The maximum Gasteiger partial charge on any atom is 0.418 e. The summed E-state index contributed by atoms with van der Waals surface area (Å²) >= 11 is 0. The van der Waals surface area contributed by atoms with Crippen LogP contribution in [0.3, 0.4) is 0 Å². The summed E-state index contributed by atoms with van der Waals surface area (Å²) in [5.41, 5.74) is -1.48. The van der Waals surface area contributed by atoms with Crippen LogP contribution in [0.5, 0.6) is 0 Å². The highest BCUT2D eigenvalue weighted by Crippen LogP contribution is 2.33. The third-order valence-electron chi connectivity index (χ3n) is 2.92. The highest BCUT2D eigenvalue weighted by molar-refractivity contribution is 6.76. The van der Waals surface area contributed by atoms with Gasteiger partial charge in [0.25, 0.3) is 0 Å². The Hall–Kier alpha value is -1.28. The van der Waals surface area contributed by atoms with Gasteiger partial charge in [-0.15, -0.1) is 0 Å². The normalized spacial score (nSPS) is 12.5. The highest BCUT2D eigenvalue weighted by atomic mass is 28.3. The molecular weight excluding hydrogens is 315 g/mol. The van der Waals surface area contributed by atoms with Crippen molar-refractivity contribution in [2.45, 2.75) is 45.5 Å². The average molecular weight is 337 g/mol. The predicted octanol–water partition coefficient (Wildman–Crippen LogP) is 4.00. The Morgan fingerprint density at radius 3 is 2.41 bits per heavy atom. The van der Waals surface area contributed by atoms with E-state index in [9.17, 15) is 18.0 Å². The molecular formula is C14H22F3NO3Si. The van der Waals surface area contributed by atoms with Crippen molar-refractivity contribution in [2.24, 2.45) is 0 Å². The van der Waals surface area contributed by atoms with Gasteiger partial charge >= 0.3 is 12.1 Å². The van der Waals surface area contributed by atoms with Crippen LogP contribution in [-0.4, -0.2) is 31.8 Å². The molecule has 126 valence electrons. The molecule has 1 aromatic rings. The summed E-state index contributed by atoms with van der Waals surface area (Å²) in [5.74, 6) is -0.976. The minimum absolute atomic E-state index is 0.0209. The Balaban J connectivity index is 2.79. The first-order valence-corrected chi connectivity index (χ1v) is 10.8. The number of esters is 1. The first kappa shape index (κ1) is 18.8. The lowest BCUT2D eigenvalue weighted by atomic mass is 10.2. The Labute approximate surface area is 129 Å². The molecule has 0 radical (unpaired) electrons. The van der Waals surface area contributed by atoms with Crippen LogP contribution >= 0.6 is 0 Å². The molecule has 0 unspecified atom stereocenters. The van der Waals surface area contributed by atoms with Gasteiger partial charge in [-0.1, -0.05) is 19.6 Å². The fourth-order valence-electron chi connectivity index (χ4n) is 1.73. The van der Waals surface area contributed by atoms with Gasteiger partial charge in [0, 0.05) is 27.1 Å². The van der Waals surface area contributed by atoms with Crippen LogP contribution in [0.2, 0.25) is 25.7 Å². The molecule has 0 aliphatic rings. The van der Waals surface area contributed by atoms with Crippen LogP contribution in [0.15, 0.2) is 12.4 Å². The third-order valence-corrected chi connectivity index (χ3v) is 4.62. The molecule has 0 saturated carbocycles. The molecule has 0 aliphatic heterocycles. The van der Waals surface area contributed by atoms with E-state index in [1.54, 1.807) is 6.92 Å². The van der Waals surface area contributed by atoms with Crippen LogP contribution in [0.4, 0.5) is 13.2 Å². The number of alkyl halides is 3. The minimum Gasteiger partial charge on any atom is -0.462 e. The third kappa shape index (κ3) is 5.84. The Kier molecular flexibility index (Phi) is 6.24. The van der Waals surface area contributed by atoms with E-state index in [-0.39, 0.29) is 13.3 Å². The summed E-state index contributed by atoms with van der Waals surface area (Å²) in [7, 11) is -1.25. The zero-order chi connectivity index (χ0) is 17.0. The molecule has 0 bridgehead atoms. The zero-order valence-corrected chi connectivity index (χ0v) is 14.3. The minimum atomic E-state index is -4.61. The number of nitrogens with zero attached hydrogens (tertiary/aromatic N) is 1. The van der Waals surface area contributed by atoms with Crippen molar-refractivity contribution in [1.29, 1.82) is 0 Å². The van der Waals surface area contributed by atoms with Crippen LogP contribution in [0.25, 0.3) is 0 Å². The van der Waals surface area contributed by atoms with Crippen molar-refractivity contribution in [2.75, 3.05) is 13.2 Å². The molecule has 22 heavy (non-hydrogen) atoms. The molecule has 4 nitrogen and oxygen atoms in total. The zero-order valence-electron chi connectivity index (χ0n) is 13.3. The second kappa shape index (κ2) is 7.32. The van der Waals surface area contributed by atoms with Crippen molar-refractivity contribution in [1.82, 2.24) is 4.57 Å². The number of rotatable bonds is 7. The SMILES string of the molecule is CCOC(=O)c1cn(COCC[Si](C)(C)C)cc1C(F)(F)F. The van der Waals surface area contributed by atoms with Gasteiger partial charge in [0.2, 0.25) is 0 Å². The fraction of sp³-hybridized carbons (Fsp3) is 0.643. The van der Waals surface area contributed by atoms with Crippen LogP contribution in [0, 0.1) is 0 Å². The maximum atomic E-state index is 13.0. The van der Waals surface area contributed by atoms with Gasteiger partial charge in [0.15, 0.2) is 0 Å². The topological polar surface area (TPSA) is 40.5 Å². The van der Waals surface area contributed by atoms with E-state index in [4.69, 9.17) is 4.74 Å². The lowest BCUT2D eigenvalue weighted by Gasteiger charge is -2.15. The van der Waals surface area contributed by atoms with E-state index < -0.39 is 31.3 Å². The van der Waals surface area contributed by atoms with Crippen molar-refractivity contribution in [3.05, 3.63) is 23.5 Å². The molecule has 0 atom stereocenters. The summed E-state index contributed by atoms with van der Waals surface area (Å²) in [4.78, 5) is 11.6. The molecule has 0 fully saturated rings. The van der Waals surface area contributed by atoms with E-state index in [0.717, 1.165) is 18.4 Å². The van der Waals surface area contributed by atoms with Gasteiger partial charge in [0.05, 0.1) is 17.7 Å². The average Bonchev–Trinajstić information content (AvgIpc) is 2.78. The van der Waals surface area contributed by atoms with Crippen molar-refractivity contribution >= 4 is 14.0 Å². The molecule has 8 heteroatoms. The van der Waals surface area contributed by atoms with Crippen molar-refractivity contribution < 1.29 is 27.4 Å². The number of hydrogen-bond donors (Lipinski definition) is 0. The number of carbonyl (C=O) groups is 1. The molecule has 0 aliphatic carbocycles. The Morgan fingerprint density at radius 1 is 1.27 bits per heavy atom. The van der Waals surface area contributed by atoms with E-state index in [1.165, 1.54) is 4.57 Å². The molecule has 0 spiro atoms. The summed E-state index contributed by atoms with van der Waals surface area (Å²) in [6.45, 7) is 8.60. The van der Waals surface area contributed by atoms with Gasteiger partial charge in [-0.3, -0.25) is 0 Å². The summed E-state index contributed by atoms with van der Waals surface area (Å²) < 4.78 is 50.1. The Bertz CT molecular complexity index is 506. The second-order valence-electron chi connectivity index (χ2n) is 6.17. The first-order valence-electron chi connectivity index (χ1n) is 7.06. The van der Waals surface area contributed by atoms with E-state index in [0.29, 0.717) is 6.61 Å². The number of aromatic nitrogens is 1. The van der Waals surface area contributed by atoms with E-state index in [1.807, 2.05) is 0 Å². The summed E-state index contributed by atoms with van der Waals surface area (Å²) in [5, 5.41) is 0. The Morgan fingerprint density at radius 2 is 1.91 bits per heavy atom. The van der Waals surface area contributed by atoms with E-state index >= 15 is 0 Å². The molecule has 1 aromatic heterocycles.